The zero-order chi connectivity index (χ0) is 18.7. The third kappa shape index (κ3) is 4.75. The number of ether oxygens (including phenoxy) is 1. The van der Waals surface area contributed by atoms with E-state index in [9.17, 15) is 34.8 Å². The van der Waals surface area contributed by atoms with E-state index >= 15 is 0 Å². The zero-order valence-electron chi connectivity index (χ0n) is 12.7. The van der Waals surface area contributed by atoms with Crippen LogP contribution in [0.15, 0.2) is 0 Å². The first-order valence-corrected chi connectivity index (χ1v) is 6.96. The van der Waals surface area contributed by atoms with Crippen LogP contribution in [0.25, 0.3) is 0 Å². The van der Waals surface area contributed by atoms with Gasteiger partial charge in [0.2, 0.25) is 5.91 Å². The quantitative estimate of drug-likeness (QED) is 0.233. The van der Waals surface area contributed by atoms with Gasteiger partial charge in [-0.15, -0.1) is 0 Å². The molecule has 12 nitrogen and oxygen atoms in total. The molecule has 0 aromatic rings. The molecule has 12 heteroatoms. The second kappa shape index (κ2) is 7.72. The number of carboxylic acids is 1. The second-order valence-electron chi connectivity index (χ2n) is 5.47. The molecule has 1 heterocycles. The van der Waals surface area contributed by atoms with Crippen molar-refractivity contribution in [2.45, 2.75) is 49.6 Å². The Kier molecular flexibility index (Phi) is 6.45. The van der Waals surface area contributed by atoms with Crippen molar-refractivity contribution < 1.29 is 44.7 Å². The van der Waals surface area contributed by atoms with Crippen LogP contribution in [-0.2, 0) is 14.3 Å². The number of amides is 3. The standard InChI is InChI=1S/C12H21N3O9/c1-4(16)15-7-5(17)2-12(23,10(20)21)24-9(7)8(19)6(18)3-14-11(13)22/h5-9,17-19,23H,2-3H2,1H3,(H,15,16)(H,20,21)(H3,13,14,22)/t5-,6+,7+,8+,9?,12-/m0/s1. The lowest BCUT2D eigenvalue weighted by molar-refractivity contribution is -0.294. The summed E-state index contributed by atoms with van der Waals surface area (Å²) in [7, 11) is 0. The lowest BCUT2D eigenvalue weighted by Crippen LogP contribution is -2.67. The minimum Gasteiger partial charge on any atom is -0.477 e. The van der Waals surface area contributed by atoms with Crippen molar-refractivity contribution in [3.63, 3.8) is 0 Å². The highest BCUT2D eigenvalue weighted by Gasteiger charge is 2.53. The molecule has 0 bridgehead atoms. The van der Waals surface area contributed by atoms with Gasteiger partial charge in [-0.25, -0.2) is 9.59 Å². The summed E-state index contributed by atoms with van der Waals surface area (Å²) in [6.07, 6.45) is -7.58. The average molecular weight is 351 g/mol. The van der Waals surface area contributed by atoms with E-state index in [1.165, 1.54) is 0 Å². The molecule has 138 valence electrons. The molecule has 0 saturated carbocycles. The fraction of sp³-hybridized carbons (Fsp3) is 0.750. The SMILES string of the molecule is CC(=O)N[C@H]1C([C@H](O)[C@H](O)CNC(N)=O)O[C@](O)(C(=O)O)C[C@@H]1O. The molecule has 6 atom stereocenters. The lowest BCUT2D eigenvalue weighted by atomic mass is 9.88. The zero-order valence-corrected chi connectivity index (χ0v) is 12.7. The fourth-order valence-electron chi connectivity index (χ4n) is 2.35. The molecule has 1 aliphatic heterocycles. The number of hydrogen-bond acceptors (Lipinski definition) is 8. The van der Waals surface area contributed by atoms with Crippen molar-refractivity contribution in [1.29, 1.82) is 0 Å². The number of primary amides is 1. The molecule has 1 saturated heterocycles. The maximum atomic E-state index is 11.2. The van der Waals surface area contributed by atoms with E-state index < -0.39 is 67.1 Å². The van der Waals surface area contributed by atoms with Crippen LogP contribution in [0.4, 0.5) is 4.79 Å². The number of aliphatic hydroxyl groups excluding tert-OH is 3. The molecule has 0 spiro atoms. The number of carboxylic acid groups (broad SMARTS) is 1. The number of nitrogens with one attached hydrogen (secondary N) is 2. The topological polar surface area (TPSA) is 212 Å². The number of aliphatic hydroxyl groups is 4. The number of nitrogens with two attached hydrogens (primary N) is 1. The van der Waals surface area contributed by atoms with Crippen molar-refractivity contribution in [2.75, 3.05) is 6.54 Å². The molecule has 0 aromatic carbocycles. The van der Waals surface area contributed by atoms with E-state index in [1.54, 1.807) is 0 Å². The van der Waals surface area contributed by atoms with Gasteiger partial charge in [0.25, 0.3) is 5.79 Å². The predicted molar refractivity (Wildman–Crippen MR) is 75.3 cm³/mol. The van der Waals surface area contributed by atoms with Gasteiger partial charge in [0.15, 0.2) is 0 Å². The smallest absolute Gasteiger partial charge is 0.364 e. The van der Waals surface area contributed by atoms with Crippen molar-refractivity contribution in [2.24, 2.45) is 5.73 Å². The molecule has 9 N–H and O–H groups in total. The Labute approximate surface area is 136 Å². The van der Waals surface area contributed by atoms with Gasteiger partial charge < -0.3 is 46.6 Å². The maximum absolute atomic E-state index is 11.2. The summed E-state index contributed by atoms with van der Waals surface area (Å²) >= 11 is 0. The number of carbonyl (C=O) groups excluding carboxylic acids is 2. The van der Waals surface area contributed by atoms with Gasteiger partial charge in [0, 0.05) is 19.9 Å². The highest BCUT2D eigenvalue weighted by molar-refractivity contribution is 5.76. The molecule has 1 fully saturated rings. The van der Waals surface area contributed by atoms with E-state index in [0.717, 1.165) is 6.92 Å². The van der Waals surface area contributed by atoms with Gasteiger partial charge in [0.05, 0.1) is 18.2 Å². The van der Waals surface area contributed by atoms with Gasteiger partial charge >= 0.3 is 12.0 Å². The van der Waals surface area contributed by atoms with Crippen LogP contribution in [0.1, 0.15) is 13.3 Å². The first kappa shape index (κ1) is 20.1. The highest BCUT2D eigenvalue weighted by atomic mass is 16.7. The monoisotopic (exact) mass is 351 g/mol. The molecule has 24 heavy (non-hydrogen) atoms. The maximum Gasteiger partial charge on any atom is 0.364 e. The van der Waals surface area contributed by atoms with E-state index in [2.05, 4.69) is 5.32 Å². The highest BCUT2D eigenvalue weighted by Crippen LogP contribution is 2.30. The summed E-state index contributed by atoms with van der Waals surface area (Å²) in [6, 6.07) is -2.29. The Morgan fingerprint density at radius 3 is 2.42 bits per heavy atom. The number of rotatable bonds is 6. The number of aliphatic carboxylic acids is 1. The lowest BCUT2D eigenvalue weighted by Gasteiger charge is -2.44. The number of carbonyl (C=O) groups is 3. The van der Waals surface area contributed by atoms with Crippen LogP contribution >= 0.6 is 0 Å². The largest absolute Gasteiger partial charge is 0.477 e. The summed E-state index contributed by atoms with van der Waals surface area (Å²) < 4.78 is 4.94. The van der Waals surface area contributed by atoms with Crippen LogP contribution < -0.4 is 16.4 Å². The predicted octanol–water partition coefficient (Wildman–Crippen LogP) is -4.20. The number of hydrogen-bond donors (Lipinski definition) is 8. The van der Waals surface area contributed by atoms with Crippen molar-refractivity contribution in [3.8, 4) is 0 Å². The Hall–Kier alpha value is -1.99. The van der Waals surface area contributed by atoms with E-state index in [0.29, 0.717) is 0 Å². The Bertz CT molecular complexity index is 502. The molecular weight excluding hydrogens is 330 g/mol. The van der Waals surface area contributed by atoms with Crippen LogP contribution in [-0.4, -0.2) is 86.2 Å². The third-order valence-electron chi connectivity index (χ3n) is 3.51. The van der Waals surface area contributed by atoms with Crippen LogP contribution in [0.2, 0.25) is 0 Å². The Morgan fingerprint density at radius 2 is 1.96 bits per heavy atom. The van der Waals surface area contributed by atoms with Crippen LogP contribution in [0.5, 0.6) is 0 Å². The summed E-state index contributed by atoms with van der Waals surface area (Å²) in [5, 5.41) is 53.2. The summed E-state index contributed by atoms with van der Waals surface area (Å²) in [6.45, 7) is 0.601. The van der Waals surface area contributed by atoms with E-state index in [1.807, 2.05) is 5.32 Å². The van der Waals surface area contributed by atoms with Crippen LogP contribution in [0, 0.1) is 0 Å². The van der Waals surface area contributed by atoms with Crippen molar-refractivity contribution in [1.82, 2.24) is 10.6 Å². The number of urea groups is 1. The summed E-state index contributed by atoms with van der Waals surface area (Å²) in [4.78, 5) is 33.0. The Balaban J connectivity index is 3.01. The van der Waals surface area contributed by atoms with E-state index in [4.69, 9.17) is 15.6 Å². The van der Waals surface area contributed by atoms with Gasteiger partial charge in [-0.3, -0.25) is 4.79 Å². The molecule has 0 aliphatic carbocycles. The van der Waals surface area contributed by atoms with Gasteiger partial charge in [-0.2, -0.15) is 0 Å². The third-order valence-corrected chi connectivity index (χ3v) is 3.51. The molecule has 3 amide bonds. The minimum atomic E-state index is -2.82. The molecule has 0 radical (unpaired) electrons. The first-order valence-electron chi connectivity index (χ1n) is 6.96. The van der Waals surface area contributed by atoms with Gasteiger partial charge in [-0.1, -0.05) is 0 Å². The molecule has 1 unspecified atom stereocenters. The fourth-order valence-corrected chi connectivity index (χ4v) is 2.35. The minimum absolute atomic E-state index is 0.509. The molecule has 1 rings (SSSR count). The molecular formula is C12H21N3O9. The normalized spacial score (nSPS) is 32.5. The first-order chi connectivity index (χ1) is 11.0. The average Bonchev–Trinajstić information content (AvgIpc) is 2.46. The van der Waals surface area contributed by atoms with Gasteiger partial charge in [-0.05, 0) is 0 Å². The van der Waals surface area contributed by atoms with Crippen molar-refractivity contribution in [3.05, 3.63) is 0 Å². The summed E-state index contributed by atoms with van der Waals surface area (Å²) in [5.41, 5.74) is 4.83. The molecule has 0 aromatic heterocycles. The molecule has 1 aliphatic rings. The second-order valence-corrected chi connectivity index (χ2v) is 5.47. The Morgan fingerprint density at radius 1 is 1.38 bits per heavy atom. The summed E-state index contributed by atoms with van der Waals surface area (Å²) in [5.74, 6) is -5.26. The van der Waals surface area contributed by atoms with E-state index in [-0.39, 0.29) is 0 Å². The van der Waals surface area contributed by atoms with Gasteiger partial charge in [0.1, 0.15) is 12.2 Å². The van der Waals surface area contributed by atoms with Crippen molar-refractivity contribution >= 4 is 17.9 Å². The van der Waals surface area contributed by atoms with Crippen LogP contribution in [0.3, 0.4) is 0 Å².